The lowest BCUT2D eigenvalue weighted by Gasteiger charge is -2.28. The average Bonchev–Trinajstić information content (AvgIpc) is 2.31. The van der Waals surface area contributed by atoms with Crippen LogP contribution in [0.4, 0.5) is 0 Å². The summed E-state index contributed by atoms with van der Waals surface area (Å²) in [5.41, 5.74) is 8.03. The second-order valence-electron chi connectivity index (χ2n) is 4.00. The van der Waals surface area contributed by atoms with Gasteiger partial charge in [-0.15, -0.1) is 0 Å². The summed E-state index contributed by atoms with van der Waals surface area (Å²) in [7, 11) is 1.45. The van der Waals surface area contributed by atoms with Gasteiger partial charge in [0.05, 0.1) is 13.2 Å². The van der Waals surface area contributed by atoms with Crippen molar-refractivity contribution in [1.29, 1.82) is 0 Å². The van der Waals surface area contributed by atoms with Crippen LogP contribution in [0.15, 0.2) is 5.11 Å². The minimum absolute atomic E-state index is 0.0596. The number of azide groups is 1. The Bertz CT molecular complexity index is 283. The van der Waals surface area contributed by atoms with Gasteiger partial charge in [-0.1, -0.05) is 19.0 Å². The molecule has 1 aliphatic rings. The van der Waals surface area contributed by atoms with Crippen LogP contribution < -0.4 is 0 Å². The number of carbonyl (C=O) groups is 1. The van der Waals surface area contributed by atoms with E-state index in [1.165, 1.54) is 12.2 Å². The zero-order valence-corrected chi connectivity index (χ0v) is 8.60. The SMILES string of the molecule is CON1C(=O)CC(C)(C)C1CN=[N+]=[N-]. The maximum absolute atomic E-state index is 11.5. The molecule has 0 aliphatic carbocycles. The first kappa shape index (κ1) is 10.8. The van der Waals surface area contributed by atoms with E-state index in [0.717, 1.165) is 0 Å². The second-order valence-corrected chi connectivity index (χ2v) is 4.00. The smallest absolute Gasteiger partial charge is 0.247 e. The van der Waals surface area contributed by atoms with Gasteiger partial charge in [-0.2, -0.15) is 0 Å². The predicted octanol–water partition coefficient (Wildman–Crippen LogP) is 1.49. The molecular weight excluding hydrogens is 184 g/mol. The van der Waals surface area contributed by atoms with E-state index in [9.17, 15) is 4.79 Å². The van der Waals surface area contributed by atoms with Crippen LogP contribution in [0.1, 0.15) is 20.3 Å². The number of rotatable bonds is 3. The fraction of sp³-hybridized carbons (Fsp3) is 0.875. The molecule has 78 valence electrons. The molecule has 0 bridgehead atoms. The molecule has 6 nitrogen and oxygen atoms in total. The van der Waals surface area contributed by atoms with Gasteiger partial charge in [-0.3, -0.25) is 9.63 Å². The Morgan fingerprint density at radius 2 is 2.43 bits per heavy atom. The van der Waals surface area contributed by atoms with Crippen LogP contribution in [0.25, 0.3) is 10.4 Å². The average molecular weight is 198 g/mol. The van der Waals surface area contributed by atoms with Gasteiger partial charge < -0.3 is 0 Å². The highest BCUT2D eigenvalue weighted by atomic mass is 16.7. The highest BCUT2D eigenvalue weighted by molar-refractivity contribution is 5.79. The van der Waals surface area contributed by atoms with Crippen molar-refractivity contribution >= 4 is 5.91 Å². The Kier molecular flexibility index (Phi) is 2.98. The highest BCUT2D eigenvalue weighted by Gasteiger charge is 2.45. The molecule has 0 spiro atoms. The molecule has 6 heteroatoms. The van der Waals surface area contributed by atoms with E-state index in [2.05, 4.69) is 10.0 Å². The molecule has 1 heterocycles. The molecule has 0 radical (unpaired) electrons. The quantitative estimate of drug-likeness (QED) is 0.391. The van der Waals surface area contributed by atoms with E-state index in [4.69, 9.17) is 10.4 Å². The van der Waals surface area contributed by atoms with Crippen LogP contribution in [0.5, 0.6) is 0 Å². The molecule has 14 heavy (non-hydrogen) atoms. The van der Waals surface area contributed by atoms with E-state index in [1.54, 1.807) is 0 Å². The molecular formula is C8H14N4O2. The van der Waals surface area contributed by atoms with Crippen molar-refractivity contribution in [3.63, 3.8) is 0 Å². The number of hydrogen-bond acceptors (Lipinski definition) is 3. The Morgan fingerprint density at radius 3 is 2.93 bits per heavy atom. The Balaban J connectivity index is 2.85. The van der Waals surface area contributed by atoms with Crippen molar-refractivity contribution < 1.29 is 9.63 Å². The third-order valence-corrected chi connectivity index (χ3v) is 2.55. The van der Waals surface area contributed by atoms with Crippen LogP contribution in [0, 0.1) is 5.41 Å². The first-order valence-electron chi connectivity index (χ1n) is 4.40. The summed E-state index contributed by atoms with van der Waals surface area (Å²) >= 11 is 0. The Morgan fingerprint density at radius 1 is 1.79 bits per heavy atom. The number of nitrogens with zero attached hydrogens (tertiary/aromatic N) is 4. The minimum Gasteiger partial charge on any atom is -0.274 e. The van der Waals surface area contributed by atoms with E-state index in [0.29, 0.717) is 6.42 Å². The molecule has 1 saturated heterocycles. The van der Waals surface area contributed by atoms with Crippen LogP contribution >= 0.6 is 0 Å². The summed E-state index contributed by atoms with van der Waals surface area (Å²) in [5, 5.41) is 4.79. The van der Waals surface area contributed by atoms with Gasteiger partial charge >= 0.3 is 0 Å². The lowest BCUT2D eigenvalue weighted by Crippen LogP contribution is -2.39. The predicted molar refractivity (Wildman–Crippen MR) is 50.1 cm³/mol. The summed E-state index contributed by atoms with van der Waals surface area (Å²) < 4.78 is 0. The lowest BCUT2D eigenvalue weighted by molar-refractivity contribution is -0.179. The summed E-state index contributed by atoms with van der Waals surface area (Å²) in [6.07, 6.45) is 0.423. The molecule has 1 rings (SSSR count). The van der Waals surface area contributed by atoms with Gasteiger partial charge in [-0.05, 0) is 10.9 Å². The van der Waals surface area contributed by atoms with Crippen LogP contribution in [0.3, 0.4) is 0 Å². The first-order chi connectivity index (χ1) is 6.53. The van der Waals surface area contributed by atoms with Crippen molar-refractivity contribution in [3.05, 3.63) is 10.4 Å². The molecule has 1 atom stereocenters. The minimum atomic E-state index is -0.207. The fourth-order valence-electron chi connectivity index (χ4n) is 1.74. The Labute approximate surface area is 82.4 Å². The van der Waals surface area contributed by atoms with Crippen molar-refractivity contribution in [2.75, 3.05) is 13.7 Å². The normalized spacial score (nSPS) is 24.9. The second kappa shape index (κ2) is 3.86. The van der Waals surface area contributed by atoms with E-state index in [-0.39, 0.29) is 23.9 Å². The third-order valence-electron chi connectivity index (χ3n) is 2.55. The van der Waals surface area contributed by atoms with E-state index < -0.39 is 0 Å². The molecule has 1 unspecified atom stereocenters. The zero-order chi connectivity index (χ0) is 10.8. The van der Waals surface area contributed by atoms with Gasteiger partial charge in [0.1, 0.15) is 0 Å². The number of carbonyl (C=O) groups excluding carboxylic acids is 1. The summed E-state index contributed by atoms with van der Waals surface area (Å²) in [4.78, 5) is 19.1. The standard InChI is InChI=1S/C8H14N4O2/c1-8(2)4-7(13)12(14-3)6(8)5-10-11-9/h6H,4-5H2,1-3H3. The monoisotopic (exact) mass is 198 g/mol. The van der Waals surface area contributed by atoms with Crippen LogP contribution in [-0.2, 0) is 9.63 Å². The number of amides is 1. The van der Waals surface area contributed by atoms with Crippen LogP contribution in [-0.4, -0.2) is 30.7 Å². The van der Waals surface area contributed by atoms with Gasteiger partial charge in [0, 0.05) is 17.9 Å². The summed E-state index contributed by atoms with van der Waals surface area (Å²) in [6.45, 7) is 4.17. The maximum Gasteiger partial charge on any atom is 0.247 e. The van der Waals surface area contributed by atoms with Crippen LogP contribution in [0.2, 0.25) is 0 Å². The molecule has 0 aromatic carbocycles. The van der Waals surface area contributed by atoms with E-state index in [1.807, 2.05) is 13.8 Å². The van der Waals surface area contributed by atoms with Gasteiger partial charge in [0.2, 0.25) is 5.91 Å². The van der Waals surface area contributed by atoms with Gasteiger partial charge in [0.15, 0.2) is 0 Å². The summed E-state index contributed by atoms with van der Waals surface area (Å²) in [6, 6.07) is -0.170. The number of hydroxylamine groups is 2. The molecule has 0 saturated carbocycles. The molecule has 0 aromatic rings. The molecule has 1 aliphatic heterocycles. The molecule has 1 amide bonds. The lowest BCUT2D eigenvalue weighted by atomic mass is 9.85. The topological polar surface area (TPSA) is 78.3 Å². The maximum atomic E-state index is 11.5. The van der Waals surface area contributed by atoms with Gasteiger partial charge in [-0.25, -0.2) is 5.06 Å². The highest BCUT2D eigenvalue weighted by Crippen LogP contribution is 2.37. The Hall–Kier alpha value is -1.26. The first-order valence-corrected chi connectivity index (χ1v) is 4.40. The molecule has 0 aromatic heterocycles. The summed E-state index contributed by atoms with van der Waals surface area (Å²) in [5.74, 6) is -0.0596. The zero-order valence-electron chi connectivity index (χ0n) is 8.60. The largest absolute Gasteiger partial charge is 0.274 e. The van der Waals surface area contributed by atoms with E-state index >= 15 is 0 Å². The van der Waals surface area contributed by atoms with Crippen molar-refractivity contribution in [2.24, 2.45) is 10.5 Å². The van der Waals surface area contributed by atoms with Gasteiger partial charge in [0.25, 0.3) is 0 Å². The number of hydrogen-bond donors (Lipinski definition) is 0. The van der Waals surface area contributed by atoms with Crippen molar-refractivity contribution in [3.8, 4) is 0 Å². The van der Waals surface area contributed by atoms with Crippen molar-refractivity contribution in [2.45, 2.75) is 26.3 Å². The van der Waals surface area contributed by atoms with Crippen molar-refractivity contribution in [1.82, 2.24) is 5.06 Å². The fourth-order valence-corrected chi connectivity index (χ4v) is 1.74. The third kappa shape index (κ3) is 1.81. The molecule has 1 fully saturated rings. The molecule has 0 N–H and O–H groups in total.